The zero-order valence-corrected chi connectivity index (χ0v) is 11.1. The second-order valence-electron chi connectivity index (χ2n) is 4.05. The minimum Gasteiger partial charge on any atom is -0.396 e. The van der Waals surface area contributed by atoms with Crippen LogP contribution < -0.4 is 5.32 Å². The molecule has 0 aliphatic rings. The average Bonchev–Trinajstić information content (AvgIpc) is 2.68. The number of amides is 1. The largest absolute Gasteiger partial charge is 0.396 e. The Balaban J connectivity index is 2.67. The summed E-state index contributed by atoms with van der Waals surface area (Å²) in [5.41, 5.74) is -0.0202. The van der Waals surface area contributed by atoms with Crippen molar-refractivity contribution in [3.8, 4) is 0 Å². The highest BCUT2D eigenvalue weighted by Crippen LogP contribution is 2.27. The van der Waals surface area contributed by atoms with Gasteiger partial charge >= 0.3 is 0 Å². The lowest BCUT2D eigenvalue weighted by molar-refractivity contribution is -0.385. The fraction of sp³-hybridized carbons (Fsp3) is 0.545. The monoisotopic (exact) mass is 272 g/mol. The maximum absolute atomic E-state index is 11.8. The maximum atomic E-state index is 11.8. The number of aliphatic hydroxyl groups excluding tert-OH is 1. The van der Waals surface area contributed by atoms with Crippen LogP contribution in [0.1, 0.15) is 34.3 Å². The molecule has 18 heavy (non-hydrogen) atoms. The molecule has 0 saturated carbocycles. The van der Waals surface area contributed by atoms with Gasteiger partial charge in [-0.1, -0.05) is 0 Å². The molecule has 7 heteroatoms. The first-order valence-corrected chi connectivity index (χ1v) is 6.44. The van der Waals surface area contributed by atoms with Crippen LogP contribution in [0, 0.1) is 17.0 Å². The predicted octanol–water partition coefficient (Wildman–Crippen LogP) is 1.86. The molecule has 0 aliphatic carbocycles. The second kappa shape index (κ2) is 6.46. The van der Waals surface area contributed by atoms with Gasteiger partial charge < -0.3 is 10.4 Å². The van der Waals surface area contributed by atoms with Crippen molar-refractivity contribution in [2.24, 2.45) is 0 Å². The molecule has 0 aliphatic heterocycles. The maximum Gasteiger partial charge on any atom is 0.283 e. The Bertz CT molecular complexity index is 444. The van der Waals surface area contributed by atoms with Crippen molar-refractivity contribution in [2.75, 3.05) is 6.61 Å². The van der Waals surface area contributed by atoms with Crippen LogP contribution in [0.15, 0.2) is 6.07 Å². The average molecular weight is 272 g/mol. The van der Waals surface area contributed by atoms with Crippen LogP contribution in [0.2, 0.25) is 0 Å². The van der Waals surface area contributed by atoms with Gasteiger partial charge in [0, 0.05) is 18.7 Å². The number of nitrogens with zero attached hydrogens (tertiary/aromatic N) is 1. The quantitative estimate of drug-likeness (QED) is 0.610. The van der Waals surface area contributed by atoms with Crippen LogP contribution >= 0.6 is 11.3 Å². The van der Waals surface area contributed by atoms with Crippen LogP contribution in [-0.2, 0) is 0 Å². The van der Waals surface area contributed by atoms with Crippen molar-refractivity contribution in [2.45, 2.75) is 32.7 Å². The lowest BCUT2D eigenvalue weighted by Gasteiger charge is -2.11. The van der Waals surface area contributed by atoms with Crippen LogP contribution in [0.5, 0.6) is 0 Å². The Hall–Kier alpha value is -1.47. The van der Waals surface area contributed by atoms with E-state index in [0.29, 0.717) is 22.6 Å². The summed E-state index contributed by atoms with van der Waals surface area (Å²) in [6, 6.07) is 1.24. The number of rotatable bonds is 6. The van der Waals surface area contributed by atoms with E-state index in [1.54, 1.807) is 6.92 Å². The molecule has 2 N–H and O–H groups in total. The Morgan fingerprint density at radius 1 is 1.67 bits per heavy atom. The van der Waals surface area contributed by atoms with Gasteiger partial charge in [-0.25, -0.2) is 0 Å². The Labute approximate surface area is 109 Å². The molecule has 1 unspecified atom stereocenters. The molecule has 1 amide bonds. The molecular formula is C11H16N2O4S. The van der Waals surface area contributed by atoms with Gasteiger partial charge in [-0.2, -0.15) is 0 Å². The Morgan fingerprint density at radius 3 is 2.83 bits per heavy atom. The van der Waals surface area contributed by atoms with E-state index in [2.05, 4.69) is 5.32 Å². The van der Waals surface area contributed by atoms with E-state index in [-0.39, 0.29) is 24.2 Å². The van der Waals surface area contributed by atoms with Crippen molar-refractivity contribution in [1.82, 2.24) is 5.32 Å². The third-order valence-electron chi connectivity index (χ3n) is 2.48. The summed E-state index contributed by atoms with van der Waals surface area (Å²) in [4.78, 5) is 22.9. The van der Waals surface area contributed by atoms with Crippen molar-refractivity contribution < 1.29 is 14.8 Å². The van der Waals surface area contributed by atoms with E-state index in [4.69, 9.17) is 5.11 Å². The fourth-order valence-corrected chi connectivity index (χ4v) is 2.42. The summed E-state index contributed by atoms with van der Waals surface area (Å²) in [6.45, 7) is 3.54. The molecule has 6 nitrogen and oxygen atoms in total. The first kappa shape index (κ1) is 14.6. The number of carbonyl (C=O) groups is 1. The number of thiophene rings is 1. The highest BCUT2D eigenvalue weighted by atomic mass is 32.1. The summed E-state index contributed by atoms with van der Waals surface area (Å²) in [5.74, 6) is -0.304. The molecule has 1 aromatic rings. The second-order valence-corrected chi connectivity index (χ2v) is 5.31. The molecule has 1 aromatic heterocycles. The van der Waals surface area contributed by atoms with Gasteiger partial charge in [-0.3, -0.25) is 14.9 Å². The standard InChI is InChI=1S/C11H16N2O4S/c1-7(4-3-5-14)12-11(15)10-6-9(13(16)17)8(2)18-10/h6-7,14H,3-5H2,1-2H3,(H,12,15). The molecular weight excluding hydrogens is 256 g/mol. The number of nitrogens with one attached hydrogen (secondary N) is 1. The highest BCUT2D eigenvalue weighted by molar-refractivity contribution is 7.14. The number of nitro groups is 1. The van der Waals surface area contributed by atoms with Gasteiger partial charge in [0.15, 0.2) is 0 Å². The smallest absolute Gasteiger partial charge is 0.283 e. The molecule has 0 aromatic carbocycles. The normalized spacial score (nSPS) is 12.2. The molecule has 0 radical (unpaired) electrons. The van der Waals surface area contributed by atoms with E-state index in [1.165, 1.54) is 6.07 Å². The predicted molar refractivity (Wildman–Crippen MR) is 69.0 cm³/mol. The lowest BCUT2D eigenvalue weighted by atomic mass is 10.2. The summed E-state index contributed by atoms with van der Waals surface area (Å²) in [6.07, 6.45) is 1.29. The van der Waals surface area contributed by atoms with Gasteiger partial charge in [-0.15, -0.1) is 11.3 Å². The highest BCUT2D eigenvalue weighted by Gasteiger charge is 2.20. The summed E-state index contributed by atoms with van der Waals surface area (Å²) in [7, 11) is 0. The SMILES string of the molecule is Cc1sc(C(=O)NC(C)CCCO)cc1[N+](=O)[O-]. The third kappa shape index (κ3) is 3.78. The van der Waals surface area contributed by atoms with Crippen LogP contribution in [-0.4, -0.2) is 28.6 Å². The van der Waals surface area contributed by atoms with Crippen molar-refractivity contribution in [1.29, 1.82) is 0 Å². The Morgan fingerprint density at radius 2 is 2.33 bits per heavy atom. The molecule has 1 rings (SSSR count). The van der Waals surface area contributed by atoms with Crippen LogP contribution in [0.25, 0.3) is 0 Å². The number of aliphatic hydroxyl groups is 1. The van der Waals surface area contributed by atoms with E-state index in [1.807, 2.05) is 6.92 Å². The first-order chi connectivity index (χ1) is 8.45. The van der Waals surface area contributed by atoms with Crippen molar-refractivity contribution in [3.05, 3.63) is 25.9 Å². The molecule has 0 saturated heterocycles. The molecule has 1 atom stereocenters. The van der Waals surface area contributed by atoms with Gasteiger partial charge in [0.05, 0.1) is 14.7 Å². The minimum atomic E-state index is -0.488. The molecule has 100 valence electrons. The van der Waals surface area contributed by atoms with Crippen LogP contribution in [0.4, 0.5) is 5.69 Å². The summed E-state index contributed by atoms with van der Waals surface area (Å²) < 4.78 is 0. The summed E-state index contributed by atoms with van der Waals surface area (Å²) >= 11 is 1.11. The van der Waals surface area contributed by atoms with Crippen LogP contribution in [0.3, 0.4) is 0 Å². The van der Waals surface area contributed by atoms with Crippen molar-refractivity contribution in [3.63, 3.8) is 0 Å². The van der Waals surface area contributed by atoms with Gasteiger partial charge in [0.1, 0.15) is 0 Å². The molecule has 1 heterocycles. The number of carbonyl (C=O) groups excluding carboxylic acids is 1. The topological polar surface area (TPSA) is 92.5 Å². The van der Waals surface area contributed by atoms with Gasteiger partial charge in [-0.05, 0) is 26.7 Å². The van der Waals surface area contributed by atoms with Gasteiger partial charge in [0.25, 0.3) is 11.6 Å². The number of hydrogen-bond donors (Lipinski definition) is 2. The lowest BCUT2D eigenvalue weighted by Crippen LogP contribution is -2.32. The van der Waals surface area contributed by atoms with E-state index in [0.717, 1.165) is 11.3 Å². The summed E-state index contributed by atoms with van der Waals surface area (Å²) in [5, 5.41) is 22.1. The molecule has 0 spiro atoms. The molecule has 0 fully saturated rings. The Kier molecular flexibility index (Phi) is 5.24. The third-order valence-corrected chi connectivity index (χ3v) is 3.52. The number of hydrogen-bond acceptors (Lipinski definition) is 5. The van der Waals surface area contributed by atoms with E-state index < -0.39 is 4.92 Å². The first-order valence-electron chi connectivity index (χ1n) is 5.62. The zero-order valence-electron chi connectivity index (χ0n) is 10.3. The minimum absolute atomic E-state index is 0.0202. The zero-order chi connectivity index (χ0) is 13.7. The molecule has 0 bridgehead atoms. The van der Waals surface area contributed by atoms with E-state index in [9.17, 15) is 14.9 Å². The number of aryl methyl sites for hydroxylation is 1. The van der Waals surface area contributed by atoms with Crippen molar-refractivity contribution >= 4 is 22.9 Å². The van der Waals surface area contributed by atoms with Gasteiger partial charge in [0.2, 0.25) is 0 Å². The van der Waals surface area contributed by atoms with E-state index >= 15 is 0 Å². The fourth-order valence-electron chi connectivity index (χ4n) is 1.53.